The number of amides is 1. The molecule has 1 aliphatic heterocycles. The number of benzene rings is 1. The zero-order valence-corrected chi connectivity index (χ0v) is 11.6. The van der Waals surface area contributed by atoms with Gasteiger partial charge in [-0.05, 0) is 37.0 Å². The zero-order valence-electron chi connectivity index (χ0n) is 11.6. The summed E-state index contributed by atoms with van der Waals surface area (Å²) in [6.07, 6.45) is 2.20. The molecule has 1 aromatic carbocycles. The van der Waals surface area contributed by atoms with Crippen LogP contribution in [0.2, 0.25) is 0 Å². The first-order valence-electron chi connectivity index (χ1n) is 6.98. The third-order valence-corrected chi connectivity index (χ3v) is 4.01. The molecule has 1 aliphatic carbocycles. The fraction of sp³-hybridized carbons (Fsp3) is 0.467. The van der Waals surface area contributed by atoms with E-state index in [-0.39, 0.29) is 19.2 Å². The highest BCUT2D eigenvalue weighted by Gasteiger charge is 2.50. The van der Waals surface area contributed by atoms with Gasteiger partial charge < -0.3 is 19.9 Å². The molecule has 21 heavy (non-hydrogen) atoms. The summed E-state index contributed by atoms with van der Waals surface area (Å²) in [4.78, 5) is 22.8. The Morgan fingerprint density at radius 1 is 1.24 bits per heavy atom. The lowest BCUT2D eigenvalue weighted by Crippen LogP contribution is -2.34. The average molecular weight is 291 g/mol. The maximum atomic E-state index is 11.8. The van der Waals surface area contributed by atoms with Gasteiger partial charge in [0.05, 0.1) is 5.41 Å². The molecule has 1 saturated carbocycles. The van der Waals surface area contributed by atoms with Crippen molar-refractivity contribution in [3.8, 4) is 11.5 Å². The van der Waals surface area contributed by atoms with Gasteiger partial charge in [0, 0.05) is 13.0 Å². The summed E-state index contributed by atoms with van der Waals surface area (Å²) >= 11 is 0. The van der Waals surface area contributed by atoms with Crippen LogP contribution in [-0.2, 0) is 16.0 Å². The van der Waals surface area contributed by atoms with Crippen LogP contribution in [0.25, 0.3) is 0 Å². The van der Waals surface area contributed by atoms with Crippen LogP contribution in [0.5, 0.6) is 11.5 Å². The number of carbonyl (C=O) groups excluding carboxylic acids is 1. The Labute approximate surface area is 122 Å². The van der Waals surface area contributed by atoms with Crippen LogP contribution in [-0.4, -0.2) is 30.3 Å². The quantitative estimate of drug-likeness (QED) is 0.826. The van der Waals surface area contributed by atoms with Crippen LogP contribution in [0.1, 0.15) is 24.8 Å². The van der Waals surface area contributed by atoms with Gasteiger partial charge in [0.15, 0.2) is 11.5 Å². The van der Waals surface area contributed by atoms with Crippen molar-refractivity contribution in [3.63, 3.8) is 0 Å². The maximum absolute atomic E-state index is 11.8. The van der Waals surface area contributed by atoms with Crippen molar-refractivity contribution in [2.24, 2.45) is 5.41 Å². The first-order valence-corrected chi connectivity index (χ1v) is 6.98. The minimum Gasteiger partial charge on any atom is -0.481 e. The van der Waals surface area contributed by atoms with Gasteiger partial charge in [0.2, 0.25) is 12.7 Å². The zero-order chi connectivity index (χ0) is 14.9. The molecule has 0 aromatic heterocycles. The van der Waals surface area contributed by atoms with Gasteiger partial charge in [0.25, 0.3) is 0 Å². The molecule has 0 bridgehead atoms. The summed E-state index contributed by atoms with van der Waals surface area (Å²) < 4.78 is 10.5. The predicted octanol–water partition coefficient (Wildman–Crippen LogP) is 1.33. The Bertz CT molecular complexity index is 579. The summed E-state index contributed by atoms with van der Waals surface area (Å²) in [5, 5.41) is 11.8. The number of carboxylic acids is 1. The van der Waals surface area contributed by atoms with E-state index in [2.05, 4.69) is 5.32 Å². The molecule has 0 saturated heterocycles. The molecular formula is C15H17NO5. The first kappa shape index (κ1) is 13.7. The fourth-order valence-electron chi connectivity index (χ4n) is 2.33. The van der Waals surface area contributed by atoms with E-state index in [0.29, 0.717) is 31.4 Å². The van der Waals surface area contributed by atoms with Crippen molar-refractivity contribution in [1.82, 2.24) is 5.32 Å². The molecule has 3 rings (SSSR count). The summed E-state index contributed by atoms with van der Waals surface area (Å²) in [6.45, 7) is 0.457. The molecule has 6 heteroatoms. The van der Waals surface area contributed by atoms with Crippen LogP contribution < -0.4 is 14.8 Å². The highest BCUT2D eigenvalue weighted by Crippen LogP contribution is 2.45. The van der Waals surface area contributed by atoms with Crippen molar-refractivity contribution in [2.45, 2.75) is 25.7 Å². The van der Waals surface area contributed by atoms with Crippen molar-refractivity contribution in [3.05, 3.63) is 23.8 Å². The Kier molecular flexibility index (Phi) is 3.45. The van der Waals surface area contributed by atoms with Crippen LogP contribution in [0.4, 0.5) is 0 Å². The molecule has 0 unspecified atom stereocenters. The lowest BCUT2D eigenvalue weighted by Gasteiger charge is -2.11. The van der Waals surface area contributed by atoms with Gasteiger partial charge in [-0.15, -0.1) is 0 Å². The van der Waals surface area contributed by atoms with Crippen molar-refractivity contribution in [2.75, 3.05) is 13.3 Å². The molecule has 6 nitrogen and oxygen atoms in total. The van der Waals surface area contributed by atoms with E-state index in [1.807, 2.05) is 18.2 Å². The molecule has 2 N–H and O–H groups in total. The third-order valence-electron chi connectivity index (χ3n) is 4.01. The van der Waals surface area contributed by atoms with Crippen LogP contribution in [0, 0.1) is 5.41 Å². The van der Waals surface area contributed by atoms with Crippen molar-refractivity contribution < 1.29 is 24.2 Å². The van der Waals surface area contributed by atoms with Gasteiger partial charge in [0.1, 0.15) is 0 Å². The van der Waals surface area contributed by atoms with Crippen LogP contribution in [0.15, 0.2) is 18.2 Å². The molecule has 0 spiro atoms. The molecule has 1 fully saturated rings. The molecule has 0 atom stereocenters. The number of ether oxygens (including phenoxy) is 2. The number of fused-ring (bicyclic) bond motifs is 1. The minimum atomic E-state index is -0.821. The number of rotatable bonds is 6. The average Bonchev–Trinajstić information content (AvgIpc) is 3.13. The Morgan fingerprint density at radius 3 is 2.71 bits per heavy atom. The molecule has 1 amide bonds. The molecule has 1 heterocycles. The maximum Gasteiger partial charge on any atom is 0.311 e. The topological polar surface area (TPSA) is 84.9 Å². The van der Waals surface area contributed by atoms with Crippen LogP contribution >= 0.6 is 0 Å². The second-order valence-corrected chi connectivity index (χ2v) is 5.55. The molecule has 0 radical (unpaired) electrons. The van der Waals surface area contributed by atoms with E-state index in [0.717, 1.165) is 11.3 Å². The smallest absolute Gasteiger partial charge is 0.311 e. The fourth-order valence-corrected chi connectivity index (χ4v) is 2.33. The van der Waals surface area contributed by atoms with Crippen molar-refractivity contribution >= 4 is 11.9 Å². The van der Waals surface area contributed by atoms with E-state index in [1.54, 1.807) is 0 Å². The number of hydrogen-bond donors (Lipinski definition) is 2. The van der Waals surface area contributed by atoms with Crippen molar-refractivity contribution in [1.29, 1.82) is 0 Å². The lowest BCUT2D eigenvalue weighted by molar-refractivity contribution is -0.143. The first-order chi connectivity index (χ1) is 10.1. The Balaban J connectivity index is 1.47. The normalized spacial score (nSPS) is 17.3. The standard InChI is InChI=1S/C15H17NO5/c17-13(16-8-15(5-6-15)14(18)19)4-2-10-1-3-11-12(7-10)21-9-20-11/h1,3,7H,2,4-6,8-9H2,(H,16,17)(H,18,19). The highest BCUT2D eigenvalue weighted by atomic mass is 16.7. The van der Waals surface area contributed by atoms with E-state index in [1.165, 1.54) is 0 Å². The second kappa shape index (κ2) is 5.27. The van der Waals surface area contributed by atoms with Gasteiger partial charge in [-0.25, -0.2) is 0 Å². The van der Waals surface area contributed by atoms with E-state index in [4.69, 9.17) is 14.6 Å². The van der Waals surface area contributed by atoms with Gasteiger partial charge in [-0.1, -0.05) is 6.07 Å². The number of aryl methyl sites for hydroxylation is 1. The van der Waals surface area contributed by atoms with E-state index < -0.39 is 11.4 Å². The minimum absolute atomic E-state index is 0.125. The Morgan fingerprint density at radius 2 is 2.00 bits per heavy atom. The molecule has 112 valence electrons. The molecule has 2 aliphatic rings. The Hall–Kier alpha value is -2.24. The van der Waals surface area contributed by atoms with Gasteiger partial charge in [-0.3, -0.25) is 9.59 Å². The van der Waals surface area contributed by atoms with E-state index >= 15 is 0 Å². The second-order valence-electron chi connectivity index (χ2n) is 5.55. The number of carboxylic acid groups (broad SMARTS) is 1. The van der Waals surface area contributed by atoms with Crippen LogP contribution in [0.3, 0.4) is 0 Å². The summed E-state index contributed by atoms with van der Waals surface area (Å²) in [5.41, 5.74) is 0.280. The summed E-state index contributed by atoms with van der Waals surface area (Å²) in [6, 6.07) is 5.61. The lowest BCUT2D eigenvalue weighted by atomic mass is 10.1. The van der Waals surface area contributed by atoms with Gasteiger partial charge >= 0.3 is 5.97 Å². The summed E-state index contributed by atoms with van der Waals surface area (Å²) in [7, 11) is 0. The number of aliphatic carboxylic acids is 1. The van der Waals surface area contributed by atoms with E-state index in [9.17, 15) is 9.59 Å². The summed E-state index contributed by atoms with van der Waals surface area (Å²) in [5.74, 6) is 0.481. The van der Waals surface area contributed by atoms with Gasteiger partial charge in [-0.2, -0.15) is 0 Å². The number of nitrogens with one attached hydrogen (secondary N) is 1. The molecule has 1 aromatic rings. The largest absolute Gasteiger partial charge is 0.481 e. The number of hydrogen-bond acceptors (Lipinski definition) is 4. The third kappa shape index (κ3) is 2.94. The monoisotopic (exact) mass is 291 g/mol. The number of carbonyl (C=O) groups is 2. The molecular weight excluding hydrogens is 274 g/mol. The predicted molar refractivity (Wildman–Crippen MR) is 73.2 cm³/mol. The SMILES string of the molecule is O=C(CCc1ccc2c(c1)OCO2)NCC1(C(=O)O)CC1. The highest BCUT2D eigenvalue weighted by molar-refractivity contribution is 5.81.